The highest BCUT2D eigenvalue weighted by atomic mass is 16.6. The summed E-state index contributed by atoms with van der Waals surface area (Å²) in [6.45, 7) is 3.32. The molecule has 1 heterocycles. The van der Waals surface area contributed by atoms with Crippen molar-refractivity contribution < 1.29 is 14.5 Å². The van der Waals surface area contributed by atoms with Crippen LogP contribution >= 0.6 is 0 Å². The zero-order valence-corrected chi connectivity index (χ0v) is 13.6. The first-order valence-corrected chi connectivity index (χ1v) is 7.61. The number of hydrogen-bond acceptors (Lipinski definition) is 5. The Morgan fingerprint density at radius 3 is 2.80 bits per heavy atom. The minimum absolute atomic E-state index is 0.0665. The molecular formula is C17H16N4O4. The van der Waals surface area contributed by atoms with Gasteiger partial charge in [0, 0.05) is 11.6 Å². The van der Waals surface area contributed by atoms with Gasteiger partial charge in [0.25, 0.3) is 5.69 Å². The number of carbonyl (C=O) groups is 1. The lowest BCUT2D eigenvalue weighted by molar-refractivity contribution is -0.385. The van der Waals surface area contributed by atoms with Crippen LogP contribution in [0.15, 0.2) is 42.5 Å². The lowest BCUT2D eigenvalue weighted by Crippen LogP contribution is -2.16. The van der Waals surface area contributed by atoms with Crippen LogP contribution in [-0.4, -0.2) is 21.0 Å². The van der Waals surface area contributed by atoms with E-state index in [0.717, 1.165) is 11.0 Å². The summed E-state index contributed by atoms with van der Waals surface area (Å²) in [5.41, 5.74) is 2.37. The van der Waals surface area contributed by atoms with E-state index in [2.05, 4.69) is 15.3 Å². The highest BCUT2D eigenvalue weighted by Crippen LogP contribution is 2.23. The fraction of sp³-hybridized carbons (Fsp3) is 0.176. The molecule has 0 bridgehead atoms. The Balaban J connectivity index is 1.69. The summed E-state index contributed by atoms with van der Waals surface area (Å²) in [4.78, 5) is 30.0. The monoisotopic (exact) mass is 340 g/mol. The lowest BCUT2D eigenvalue weighted by atomic mass is 10.2. The molecule has 0 aliphatic rings. The Labute approximate surface area is 143 Å². The van der Waals surface area contributed by atoms with Gasteiger partial charge in [-0.25, -0.2) is 9.78 Å². The second-order valence-corrected chi connectivity index (χ2v) is 5.57. The predicted octanol–water partition coefficient (Wildman–Crippen LogP) is 4.09. The molecule has 8 nitrogen and oxygen atoms in total. The molecule has 2 N–H and O–H groups in total. The molecular weight excluding hydrogens is 324 g/mol. The fourth-order valence-electron chi connectivity index (χ4n) is 2.41. The van der Waals surface area contributed by atoms with Gasteiger partial charge in [-0.1, -0.05) is 18.2 Å². The van der Waals surface area contributed by atoms with Crippen molar-refractivity contribution in [3.05, 3.63) is 64.0 Å². The summed E-state index contributed by atoms with van der Waals surface area (Å²) in [6.07, 6.45) is -1.32. The molecule has 0 fully saturated rings. The first-order chi connectivity index (χ1) is 11.9. The van der Waals surface area contributed by atoms with Crippen LogP contribution in [0.2, 0.25) is 0 Å². The number of benzene rings is 2. The van der Waals surface area contributed by atoms with Gasteiger partial charge < -0.3 is 9.72 Å². The second kappa shape index (κ2) is 6.60. The molecule has 0 saturated heterocycles. The summed E-state index contributed by atoms with van der Waals surface area (Å²) >= 11 is 0. The number of hydrogen-bond donors (Lipinski definition) is 2. The lowest BCUT2D eigenvalue weighted by Gasteiger charge is -2.12. The van der Waals surface area contributed by atoms with Crippen LogP contribution in [0.3, 0.4) is 0 Å². The van der Waals surface area contributed by atoms with Crippen molar-refractivity contribution >= 4 is 28.5 Å². The number of amides is 1. The summed E-state index contributed by atoms with van der Waals surface area (Å²) in [6, 6.07) is 11.9. The van der Waals surface area contributed by atoms with Gasteiger partial charge in [0.2, 0.25) is 0 Å². The van der Waals surface area contributed by atoms with E-state index in [1.807, 2.05) is 24.3 Å². The number of aromatic amines is 1. The summed E-state index contributed by atoms with van der Waals surface area (Å²) in [7, 11) is 0. The van der Waals surface area contributed by atoms with E-state index in [0.29, 0.717) is 17.1 Å². The normalized spacial score (nSPS) is 11.9. The summed E-state index contributed by atoms with van der Waals surface area (Å²) < 4.78 is 5.29. The average Bonchev–Trinajstić information content (AvgIpc) is 3.00. The molecule has 0 radical (unpaired) electrons. The van der Waals surface area contributed by atoms with Crippen molar-refractivity contribution in [2.45, 2.75) is 20.0 Å². The van der Waals surface area contributed by atoms with E-state index in [4.69, 9.17) is 4.74 Å². The van der Waals surface area contributed by atoms with Crippen molar-refractivity contribution in [1.82, 2.24) is 9.97 Å². The number of ether oxygens (including phenoxy) is 1. The number of carbonyl (C=O) groups excluding carboxylic acids is 1. The van der Waals surface area contributed by atoms with E-state index in [1.54, 1.807) is 26.0 Å². The molecule has 25 heavy (non-hydrogen) atoms. The molecule has 8 heteroatoms. The number of para-hydroxylation sites is 2. The van der Waals surface area contributed by atoms with E-state index in [9.17, 15) is 14.9 Å². The number of aromatic nitrogens is 2. The van der Waals surface area contributed by atoms with Crippen LogP contribution in [-0.2, 0) is 4.74 Å². The Kier molecular flexibility index (Phi) is 4.34. The Morgan fingerprint density at radius 2 is 2.08 bits per heavy atom. The predicted molar refractivity (Wildman–Crippen MR) is 92.4 cm³/mol. The maximum Gasteiger partial charge on any atom is 0.412 e. The van der Waals surface area contributed by atoms with Crippen LogP contribution in [0.4, 0.5) is 16.2 Å². The highest BCUT2D eigenvalue weighted by Gasteiger charge is 2.17. The average molecular weight is 340 g/mol. The minimum atomic E-state index is -0.717. The second-order valence-electron chi connectivity index (χ2n) is 5.57. The van der Waals surface area contributed by atoms with Crippen molar-refractivity contribution in [3.63, 3.8) is 0 Å². The molecule has 3 aromatic rings. The van der Waals surface area contributed by atoms with Gasteiger partial charge in [0.05, 0.1) is 21.6 Å². The molecule has 2 aromatic carbocycles. The largest absolute Gasteiger partial charge is 0.438 e. The van der Waals surface area contributed by atoms with Gasteiger partial charge in [-0.05, 0) is 32.0 Å². The molecule has 0 spiro atoms. The number of aryl methyl sites for hydroxylation is 1. The Bertz CT molecular complexity index is 918. The minimum Gasteiger partial charge on any atom is -0.438 e. The number of rotatable bonds is 4. The number of H-pyrrole nitrogens is 1. The van der Waals surface area contributed by atoms with Crippen molar-refractivity contribution in [3.8, 4) is 0 Å². The number of nitrogens with zero attached hydrogens (tertiary/aromatic N) is 2. The van der Waals surface area contributed by atoms with Crippen LogP contribution in [0.1, 0.15) is 24.4 Å². The number of anilines is 1. The van der Waals surface area contributed by atoms with Crippen molar-refractivity contribution in [2.75, 3.05) is 5.32 Å². The Morgan fingerprint density at radius 1 is 1.32 bits per heavy atom. The number of nitrogens with one attached hydrogen (secondary N) is 2. The molecule has 1 aromatic heterocycles. The van der Waals surface area contributed by atoms with Crippen molar-refractivity contribution in [1.29, 1.82) is 0 Å². The SMILES string of the molecule is Cc1ccc(NC(=O)OC(C)c2nc3ccccc3[nH]2)cc1[N+](=O)[O-]. The fourth-order valence-corrected chi connectivity index (χ4v) is 2.41. The van der Waals surface area contributed by atoms with Gasteiger partial charge in [0.15, 0.2) is 6.10 Å². The van der Waals surface area contributed by atoms with Crippen molar-refractivity contribution in [2.24, 2.45) is 0 Å². The van der Waals surface area contributed by atoms with E-state index < -0.39 is 17.1 Å². The van der Waals surface area contributed by atoms with Gasteiger partial charge in [-0.2, -0.15) is 0 Å². The smallest absolute Gasteiger partial charge is 0.412 e. The maximum absolute atomic E-state index is 12.0. The molecule has 1 unspecified atom stereocenters. The number of fused-ring (bicyclic) bond motifs is 1. The molecule has 128 valence electrons. The molecule has 3 rings (SSSR count). The zero-order valence-electron chi connectivity index (χ0n) is 13.6. The molecule has 0 aliphatic carbocycles. The van der Waals surface area contributed by atoms with E-state index in [1.165, 1.54) is 6.07 Å². The van der Waals surface area contributed by atoms with Crippen LogP contribution < -0.4 is 5.32 Å². The zero-order chi connectivity index (χ0) is 18.0. The number of nitro groups is 1. The van der Waals surface area contributed by atoms with Crippen LogP contribution in [0, 0.1) is 17.0 Å². The van der Waals surface area contributed by atoms with Crippen LogP contribution in [0.5, 0.6) is 0 Å². The van der Waals surface area contributed by atoms with Gasteiger partial charge in [-0.3, -0.25) is 15.4 Å². The quantitative estimate of drug-likeness (QED) is 0.549. The molecule has 1 atom stereocenters. The molecule has 1 amide bonds. The molecule has 0 aliphatic heterocycles. The third kappa shape index (κ3) is 3.57. The standard InChI is InChI=1S/C17H16N4O4/c1-10-7-8-12(9-15(10)21(23)24)18-17(22)25-11(2)16-19-13-5-3-4-6-14(13)20-16/h3-9,11H,1-2H3,(H,18,22)(H,19,20). The third-order valence-electron chi connectivity index (χ3n) is 3.73. The molecule has 0 saturated carbocycles. The first kappa shape index (κ1) is 16.4. The highest BCUT2D eigenvalue weighted by molar-refractivity contribution is 5.85. The van der Waals surface area contributed by atoms with E-state index >= 15 is 0 Å². The summed E-state index contributed by atoms with van der Waals surface area (Å²) in [5, 5.41) is 13.4. The topological polar surface area (TPSA) is 110 Å². The van der Waals surface area contributed by atoms with Gasteiger partial charge in [-0.15, -0.1) is 0 Å². The Hall–Kier alpha value is -3.42. The third-order valence-corrected chi connectivity index (χ3v) is 3.73. The maximum atomic E-state index is 12.0. The van der Waals surface area contributed by atoms with Gasteiger partial charge >= 0.3 is 6.09 Å². The first-order valence-electron chi connectivity index (χ1n) is 7.61. The number of nitro benzene ring substituents is 1. The van der Waals surface area contributed by atoms with Gasteiger partial charge in [0.1, 0.15) is 5.82 Å². The van der Waals surface area contributed by atoms with E-state index in [-0.39, 0.29) is 5.69 Å². The summed E-state index contributed by atoms with van der Waals surface area (Å²) in [5.74, 6) is 0.520. The van der Waals surface area contributed by atoms with Crippen LogP contribution in [0.25, 0.3) is 11.0 Å². The number of imidazole rings is 1.